The zero-order chi connectivity index (χ0) is 13.8. The molecule has 18 heavy (non-hydrogen) atoms. The van der Waals surface area contributed by atoms with Crippen LogP contribution in [0, 0.1) is 0 Å². The minimum Gasteiger partial charge on any atom is -0.468 e. The summed E-state index contributed by atoms with van der Waals surface area (Å²) in [7, 11) is 5.52. The molecular formula is C14H28N2O2. The van der Waals surface area contributed by atoms with Gasteiger partial charge in [-0.15, -0.1) is 0 Å². The fraction of sp³-hybridized carbons (Fsp3) is 0.929. The standard InChI is InChI=1S/C14H28N2O2/c1-6-11(7-2)16(4)12-8-9-14(10-12,15-3)13(17)18-5/h11-12,15H,6-10H2,1-5H3. The lowest BCUT2D eigenvalue weighted by molar-refractivity contribution is -0.148. The highest BCUT2D eigenvalue weighted by Gasteiger charge is 2.46. The molecule has 0 aliphatic heterocycles. The molecule has 0 aromatic carbocycles. The van der Waals surface area contributed by atoms with Crippen molar-refractivity contribution in [3.8, 4) is 0 Å². The molecule has 1 N–H and O–H groups in total. The molecular weight excluding hydrogens is 228 g/mol. The van der Waals surface area contributed by atoms with Gasteiger partial charge in [-0.3, -0.25) is 4.79 Å². The summed E-state index contributed by atoms with van der Waals surface area (Å²) in [4.78, 5) is 14.4. The Hall–Kier alpha value is -0.610. The van der Waals surface area contributed by atoms with E-state index in [9.17, 15) is 4.79 Å². The maximum Gasteiger partial charge on any atom is 0.326 e. The second kappa shape index (κ2) is 6.53. The maximum atomic E-state index is 11.9. The predicted octanol–water partition coefficient (Wildman–Crippen LogP) is 1.79. The van der Waals surface area contributed by atoms with Gasteiger partial charge in [0.05, 0.1) is 7.11 Å². The minimum absolute atomic E-state index is 0.120. The zero-order valence-electron chi connectivity index (χ0n) is 12.5. The number of nitrogens with zero attached hydrogens (tertiary/aromatic N) is 1. The predicted molar refractivity (Wildman–Crippen MR) is 73.6 cm³/mol. The highest BCUT2D eigenvalue weighted by molar-refractivity contribution is 5.81. The highest BCUT2D eigenvalue weighted by Crippen LogP contribution is 2.34. The van der Waals surface area contributed by atoms with Crippen LogP contribution in [0.5, 0.6) is 0 Å². The summed E-state index contributed by atoms with van der Waals surface area (Å²) in [5, 5.41) is 3.19. The lowest BCUT2D eigenvalue weighted by atomic mass is 9.97. The van der Waals surface area contributed by atoms with Gasteiger partial charge in [0.25, 0.3) is 0 Å². The summed E-state index contributed by atoms with van der Waals surface area (Å²) in [6, 6.07) is 1.08. The molecule has 1 saturated carbocycles. The van der Waals surface area contributed by atoms with E-state index in [1.807, 2.05) is 7.05 Å². The van der Waals surface area contributed by atoms with Crippen molar-refractivity contribution < 1.29 is 9.53 Å². The average Bonchev–Trinajstić information content (AvgIpc) is 2.84. The zero-order valence-corrected chi connectivity index (χ0v) is 12.5. The first-order chi connectivity index (χ1) is 8.54. The molecule has 1 fully saturated rings. The third-order valence-corrected chi connectivity index (χ3v) is 4.64. The quantitative estimate of drug-likeness (QED) is 0.736. The Morgan fingerprint density at radius 2 is 2.11 bits per heavy atom. The number of hydrogen-bond acceptors (Lipinski definition) is 4. The van der Waals surface area contributed by atoms with Crippen LogP contribution in [0.25, 0.3) is 0 Å². The average molecular weight is 256 g/mol. The number of carbonyl (C=O) groups excluding carboxylic acids is 1. The first-order valence-electron chi connectivity index (χ1n) is 7.03. The minimum atomic E-state index is -0.473. The van der Waals surface area contributed by atoms with E-state index in [4.69, 9.17) is 4.74 Å². The van der Waals surface area contributed by atoms with E-state index >= 15 is 0 Å². The molecule has 4 heteroatoms. The second-order valence-corrected chi connectivity index (χ2v) is 5.36. The Balaban J connectivity index is 2.72. The largest absolute Gasteiger partial charge is 0.468 e. The highest BCUT2D eigenvalue weighted by atomic mass is 16.5. The molecule has 106 valence electrons. The normalized spacial score (nSPS) is 28.1. The van der Waals surface area contributed by atoms with Crippen molar-refractivity contribution in [2.75, 3.05) is 21.2 Å². The Labute approximate surface area is 111 Å². The summed E-state index contributed by atoms with van der Waals surface area (Å²) in [6.45, 7) is 4.45. The Kier molecular flexibility index (Phi) is 5.60. The van der Waals surface area contributed by atoms with E-state index in [0.717, 1.165) is 32.1 Å². The molecule has 2 unspecified atom stereocenters. The fourth-order valence-electron chi connectivity index (χ4n) is 3.24. The van der Waals surface area contributed by atoms with Crippen LogP contribution in [0.3, 0.4) is 0 Å². The van der Waals surface area contributed by atoms with E-state index in [2.05, 4.69) is 31.1 Å². The molecule has 0 spiro atoms. The summed E-state index contributed by atoms with van der Waals surface area (Å²) in [5.41, 5.74) is -0.473. The Bertz CT molecular complexity index is 279. The topological polar surface area (TPSA) is 41.6 Å². The number of methoxy groups -OCH3 is 1. The smallest absolute Gasteiger partial charge is 0.326 e. The van der Waals surface area contributed by atoms with Crippen LogP contribution in [-0.2, 0) is 9.53 Å². The maximum absolute atomic E-state index is 11.9. The van der Waals surface area contributed by atoms with Crippen LogP contribution in [0.15, 0.2) is 0 Å². The molecule has 0 heterocycles. The first kappa shape index (κ1) is 15.4. The first-order valence-corrected chi connectivity index (χ1v) is 7.03. The van der Waals surface area contributed by atoms with Crippen LogP contribution in [0.1, 0.15) is 46.0 Å². The van der Waals surface area contributed by atoms with E-state index in [-0.39, 0.29) is 5.97 Å². The van der Waals surface area contributed by atoms with Crippen molar-refractivity contribution in [2.24, 2.45) is 0 Å². The molecule has 1 aliphatic carbocycles. The number of ether oxygens (including phenoxy) is 1. The summed E-state index contributed by atoms with van der Waals surface area (Å²) < 4.78 is 4.95. The van der Waals surface area contributed by atoms with Gasteiger partial charge in [0.1, 0.15) is 5.54 Å². The third kappa shape index (κ3) is 2.86. The molecule has 0 aromatic rings. The van der Waals surface area contributed by atoms with E-state index in [0.29, 0.717) is 12.1 Å². The van der Waals surface area contributed by atoms with Gasteiger partial charge >= 0.3 is 5.97 Å². The number of carbonyl (C=O) groups is 1. The molecule has 0 aromatic heterocycles. The molecule has 0 saturated heterocycles. The van der Waals surface area contributed by atoms with Gasteiger partial charge in [-0.2, -0.15) is 0 Å². The van der Waals surface area contributed by atoms with Gasteiger partial charge in [-0.1, -0.05) is 13.8 Å². The molecule has 4 nitrogen and oxygen atoms in total. The van der Waals surface area contributed by atoms with Gasteiger partial charge in [0.15, 0.2) is 0 Å². The molecule has 0 radical (unpaired) electrons. The van der Waals surface area contributed by atoms with Gasteiger partial charge < -0.3 is 15.0 Å². The van der Waals surface area contributed by atoms with Crippen LogP contribution < -0.4 is 5.32 Å². The van der Waals surface area contributed by atoms with Gasteiger partial charge in [-0.25, -0.2) is 0 Å². The molecule has 2 atom stereocenters. The molecule has 0 bridgehead atoms. The summed E-state index contributed by atoms with van der Waals surface area (Å²) >= 11 is 0. The van der Waals surface area contributed by atoms with E-state index in [1.54, 1.807) is 0 Å². The molecule has 1 rings (SSSR count). The fourth-order valence-corrected chi connectivity index (χ4v) is 3.24. The van der Waals surface area contributed by atoms with Gasteiger partial charge in [-0.05, 0) is 46.2 Å². The van der Waals surface area contributed by atoms with Crippen molar-refractivity contribution in [1.29, 1.82) is 0 Å². The van der Waals surface area contributed by atoms with Crippen molar-refractivity contribution >= 4 is 5.97 Å². The number of hydrogen-bond donors (Lipinski definition) is 1. The van der Waals surface area contributed by atoms with Crippen molar-refractivity contribution in [3.63, 3.8) is 0 Å². The van der Waals surface area contributed by atoms with E-state index in [1.165, 1.54) is 7.11 Å². The number of likely N-dealkylation sites (N-methyl/N-ethyl adjacent to an activating group) is 1. The van der Waals surface area contributed by atoms with Crippen LogP contribution in [0.2, 0.25) is 0 Å². The second-order valence-electron chi connectivity index (χ2n) is 5.36. The number of nitrogens with one attached hydrogen (secondary N) is 1. The SMILES string of the molecule is CCC(CC)N(C)C1CCC(NC)(C(=O)OC)C1. The van der Waals surface area contributed by atoms with Gasteiger partial charge in [0.2, 0.25) is 0 Å². The lowest BCUT2D eigenvalue weighted by Crippen LogP contribution is -2.50. The van der Waals surface area contributed by atoms with E-state index < -0.39 is 5.54 Å². The third-order valence-electron chi connectivity index (χ3n) is 4.64. The summed E-state index contributed by atoms with van der Waals surface area (Å²) in [6.07, 6.45) is 5.10. The van der Waals surface area contributed by atoms with Crippen LogP contribution >= 0.6 is 0 Å². The van der Waals surface area contributed by atoms with Crippen molar-refractivity contribution in [1.82, 2.24) is 10.2 Å². The van der Waals surface area contributed by atoms with Crippen LogP contribution in [0.4, 0.5) is 0 Å². The van der Waals surface area contributed by atoms with Crippen LogP contribution in [-0.4, -0.2) is 49.7 Å². The summed E-state index contributed by atoms with van der Waals surface area (Å²) in [5.74, 6) is -0.120. The van der Waals surface area contributed by atoms with Crippen molar-refractivity contribution in [2.45, 2.75) is 63.6 Å². The van der Waals surface area contributed by atoms with Crippen molar-refractivity contribution in [3.05, 3.63) is 0 Å². The number of rotatable bonds is 6. The molecule has 1 aliphatic rings. The molecule has 0 amide bonds. The van der Waals surface area contributed by atoms with Gasteiger partial charge in [0, 0.05) is 12.1 Å². The Morgan fingerprint density at radius 1 is 1.50 bits per heavy atom. The Morgan fingerprint density at radius 3 is 2.56 bits per heavy atom. The lowest BCUT2D eigenvalue weighted by Gasteiger charge is -2.33. The monoisotopic (exact) mass is 256 g/mol. The number of esters is 1.